The minimum Gasteiger partial charge on any atom is -0.464 e. The number of aryl methyl sites for hydroxylation is 2. The van der Waals surface area contributed by atoms with E-state index in [1.165, 1.54) is 16.9 Å². The van der Waals surface area contributed by atoms with Crippen LogP contribution in [0.4, 0.5) is 0 Å². The molecular formula is C26H26N2O3S. The van der Waals surface area contributed by atoms with Crippen molar-refractivity contribution >= 4 is 44.2 Å². The number of hydrogen-bond acceptors (Lipinski definition) is 4. The molecule has 2 aromatic carbocycles. The molecule has 1 aliphatic rings. The van der Waals surface area contributed by atoms with E-state index in [1.807, 2.05) is 30.0 Å². The Hall–Kier alpha value is -3.12. The van der Waals surface area contributed by atoms with Crippen LogP contribution >= 0.6 is 11.3 Å². The Morgan fingerprint density at radius 3 is 2.78 bits per heavy atom. The number of carbonyl (C=O) groups is 2. The molecule has 1 fully saturated rings. The lowest BCUT2D eigenvalue weighted by Crippen LogP contribution is -2.30. The first kappa shape index (κ1) is 20.8. The first-order valence-electron chi connectivity index (χ1n) is 11.0. The molecule has 1 atom stereocenters. The number of nitrogens with one attached hydrogen (secondary N) is 1. The summed E-state index contributed by atoms with van der Waals surface area (Å²) in [6.45, 7) is 5.45. The molecule has 164 valence electrons. The van der Waals surface area contributed by atoms with Gasteiger partial charge in [0.1, 0.15) is 5.58 Å². The summed E-state index contributed by atoms with van der Waals surface area (Å²) in [6, 6.07) is 12.3. The summed E-state index contributed by atoms with van der Waals surface area (Å²) in [4.78, 5) is 28.4. The fourth-order valence-electron chi connectivity index (χ4n) is 4.78. The summed E-state index contributed by atoms with van der Waals surface area (Å²) < 4.78 is 6.91. The third kappa shape index (κ3) is 3.39. The van der Waals surface area contributed by atoms with Crippen molar-refractivity contribution in [1.82, 2.24) is 10.2 Å². The minimum absolute atomic E-state index is 0.0542. The van der Waals surface area contributed by atoms with Gasteiger partial charge < -0.3 is 14.6 Å². The number of amides is 2. The lowest BCUT2D eigenvalue weighted by molar-refractivity contribution is -0.129. The fraction of sp³-hybridized carbons (Fsp3) is 0.308. The Bertz CT molecular complexity index is 1350. The van der Waals surface area contributed by atoms with E-state index in [4.69, 9.17) is 4.42 Å². The molecule has 0 aliphatic carbocycles. The molecule has 2 aromatic heterocycles. The maximum Gasteiger partial charge on any atom is 0.261 e. The van der Waals surface area contributed by atoms with Crippen LogP contribution in [-0.4, -0.2) is 36.9 Å². The van der Waals surface area contributed by atoms with Crippen LogP contribution in [0.3, 0.4) is 0 Å². The number of thiophene rings is 1. The van der Waals surface area contributed by atoms with Crippen LogP contribution < -0.4 is 5.32 Å². The monoisotopic (exact) mass is 446 g/mol. The van der Waals surface area contributed by atoms with Gasteiger partial charge in [-0.1, -0.05) is 30.3 Å². The number of fused-ring (bicyclic) bond motifs is 2. The number of hydrogen-bond donors (Lipinski definition) is 1. The highest BCUT2D eigenvalue weighted by Gasteiger charge is 2.32. The van der Waals surface area contributed by atoms with Gasteiger partial charge >= 0.3 is 0 Å². The van der Waals surface area contributed by atoms with E-state index in [-0.39, 0.29) is 17.7 Å². The van der Waals surface area contributed by atoms with Gasteiger partial charge in [0.15, 0.2) is 0 Å². The van der Waals surface area contributed by atoms with E-state index in [0.717, 1.165) is 49.0 Å². The van der Waals surface area contributed by atoms with Crippen LogP contribution in [0.2, 0.25) is 0 Å². The Morgan fingerprint density at radius 1 is 1.16 bits per heavy atom. The largest absolute Gasteiger partial charge is 0.464 e. The van der Waals surface area contributed by atoms with E-state index < -0.39 is 0 Å². The van der Waals surface area contributed by atoms with Crippen molar-refractivity contribution in [3.8, 4) is 0 Å². The molecule has 4 aromatic rings. The van der Waals surface area contributed by atoms with Gasteiger partial charge in [0.2, 0.25) is 5.91 Å². The summed E-state index contributed by atoms with van der Waals surface area (Å²) >= 11 is 1.53. The lowest BCUT2D eigenvalue weighted by Gasteiger charge is -2.17. The highest BCUT2D eigenvalue weighted by atomic mass is 32.1. The van der Waals surface area contributed by atoms with Crippen molar-refractivity contribution in [3.63, 3.8) is 0 Å². The zero-order valence-corrected chi connectivity index (χ0v) is 19.3. The van der Waals surface area contributed by atoms with E-state index in [1.54, 1.807) is 13.3 Å². The van der Waals surface area contributed by atoms with E-state index >= 15 is 0 Å². The highest BCUT2D eigenvalue weighted by Crippen LogP contribution is 2.40. The summed E-state index contributed by atoms with van der Waals surface area (Å²) in [5.74, 6) is 0.212. The number of nitrogens with zero attached hydrogens (tertiary/aromatic N) is 1. The van der Waals surface area contributed by atoms with E-state index in [2.05, 4.69) is 30.4 Å². The maximum atomic E-state index is 13.2. The Labute approximate surface area is 191 Å². The van der Waals surface area contributed by atoms with Gasteiger partial charge in [-0.2, -0.15) is 0 Å². The standard InChI is InChI=1S/C26H26N2O3S/c1-15-8-9-19-18(14-31-24(19)16(15)2)12-22(29)28-11-10-17(13-28)23-20-6-4-5-7-21(20)32-25(23)26(30)27-3/h4-9,14,17H,10-13H2,1-3H3,(H,27,30)/t17-/m0/s1. The first-order chi connectivity index (χ1) is 15.5. The normalized spacial score (nSPS) is 16.2. The molecule has 1 saturated heterocycles. The van der Waals surface area contributed by atoms with Gasteiger partial charge in [-0.3, -0.25) is 9.59 Å². The van der Waals surface area contributed by atoms with Crippen LogP contribution in [0, 0.1) is 13.8 Å². The maximum absolute atomic E-state index is 13.2. The number of likely N-dealkylation sites (tertiary alicyclic amines) is 1. The van der Waals surface area contributed by atoms with E-state index in [9.17, 15) is 9.59 Å². The number of furan rings is 1. The summed E-state index contributed by atoms with van der Waals surface area (Å²) in [7, 11) is 1.67. The van der Waals surface area contributed by atoms with Crippen LogP contribution in [0.25, 0.3) is 21.1 Å². The molecule has 1 N–H and O–H groups in total. The van der Waals surface area contributed by atoms with Gasteiger partial charge in [-0.15, -0.1) is 11.3 Å². The second-order valence-electron chi connectivity index (χ2n) is 8.57. The molecule has 3 heterocycles. The second kappa shape index (κ2) is 8.10. The van der Waals surface area contributed by atoms with Crippen LogP contribution in [0.5, 0.6) is 0 Å². The lowest BCUT2D eigenvalue weighted by atomic mass is 9.95. The molecule has 2 amide bonds. The quantitative estimate of drug-likeness (QED) is 0.470. The van der Waals surface area contributed by atoms with Crippen molar-refractivity contribution in [2.75, 3.05) is 20.1 Å². The SMILES string of the molecule is CNC(=O)c1sc2ccccc2c1[C@H]1CCN(C(=O)Cc2coc3c(C)c(C)ccc23)C1. The van der Waals surface area contributed by atoms with Gasteiger partial charge in [0, 0.05) is 41.7 Å². The van der Waals surface area contributed by atoms with E-state index in [0.29, 0.717) is 19.5 Å². The average Bonchev–Trinajstić information content (AvgIpc) is 3.52. The van der Waals surface area contributed by atoms with Crippen molar-refractivity contribution < 1.29 is 14.0 Å². The number of benzene rings is 2. The van der Waals surface area contributed by atoms with Crippen molar-refractivity contribution in [2.45, 2.75) is 32.6 Å². The fourth-order valence-corrected chi connectivity index (χ4v) is 6.01. The zero-order valence-electron chi connectivity index (χ0n) is 18.5. The predicted octanol–water partition coefficient (Wildman–Crippen LogP) is 5.18. The van der Waals surface area contributed by atoms with Crippen LogP contribution in [0.1, 0.15) is 44.3 Å². The highest BCUT2D eigenvalue weighted by molar-refractivity contribution is 7.21. The molecular weight excluding hydrogens is 420 g/mol. The Morgan fingerprint density at radius 2 is 1.97 bits per heavy atom. The van der Waals surface area contributed by atoms with Crippen molar-refractivity contribution in [3.05, 3.63) is 69.8 Å². The van der Waals surface area contributed by atoms with Crippen molar-refractivity contribution in [2.24, 2.45) is 0 Å². The number of rotatable bonds is 4. The number of carbonyl (C=O) groups excluding carboxylic acids is 2. The predicted molar refractivity (Wildman–Crippen MR) is 129 cm³/mol. The second-order valence-corrected chi connectivity index (χ2v) is 9.62. The van der Waals surface area contributed by atoms with Gasteiger partial charge in [0.05, 0.1) is 17.6 Å². The molecule has 32 heavy (non-hydrogen) atoms. The first-order valence-corrected chi connectivity index (χ1v) is 11.8. The summed E-state index contributed by atoms with van der Waals surface area (Å²) in [6.07, 6.45) is 2.91. The minimum atomic E-state index is -0.0542. The van der Waals surface area contributed by atoms with Crippen LogP contribution in [0.15, 0.2) is 47.1 Å². The molecule has 5 nitrogen and oxygen atoms in total. The Balaban J connectivity index is 1.39. The van der Waals surface area contributed by atoms with Gasteiger partial charge in [-0.25, -0.2) is 0 Å². The molecule has 0 radical (unpaired) electrons. The van der Waals surface area contributed by atoms with Crippen molar-refractivity contribution in [1.29, 1.82) is 0 Å². The van der Waals surface area contributed by atoms with Gasteiger partial charge in [-0.05, 0) is 48.4 Å². The molecule has 0 spiro atoms. The molecule has 0 saturated carbocycles. The average molecular weight is 447 g/mol. The summed E-state index contributed by atoms with van der Waals surface area (Å²) in [5.41, 5.74) is 5.19. The molecule has 1 aliphatic heterocycles. The molecule has 6 heteroatoms. The topological polar surface area (TPSA) is 62.6 Å². The van der Waals surface area contributed by atoms with Crippen LogP contribution in [-0.2, 0) is 11.2 Å². The molecule has 0 unspecified atom stereocenters. The molecule has 5 rings (SSSR count). The smallest absolute Gasteiger partial charge is 0.261 e. The zero-order chi connectivity index (χ0) is 22.4. The third-order valence-corrected chi connectivity index (χ3v) is 7.89. The van der Waals surface area contributed by atoms with Gasteiger partial charge in [0.25, 0.3) is 5.91 Å². The molecule has 0 bridgehead atoms. The Kier molecular flexibility index (Phi) is 5.25. The third-order valence-electron chi connectivity index (χ3n) is 6.70. The summed E-state index contributed by atoms with van der Waals surface area (Å²) in [5, 5.41) is 4.92.